The Bertz CT molecular complexity index is 227. The first-order chi connectivity index (χ1) is 8.04. The van der Waals surface area contributed by atoms with Crippen molar-refractivity contribution in [2.24, 2.45) is 5.92 Å². The van der Waals surface area contributed by atoms with Crippen LogP contribution >= 0.6 is 0 Å². The van der Waals surface area contributed by atoms with E-state index in [9.17, 15) is 5.11 Å². The average molecular weight is 243 g/mol. The number of carboxylic acid groups (broad SMARTS) is 1. The van der Waals surface area contributed by atoms with E-state index >= 15 is 0 Å². The zero-order valence-corrected chi connectivity index (χ0v) is 10.7. The lowest BCUT2D eigenvalue weighted by molar-refractivity contribution is -0.134. The summed E-state index contributed by atoms with van der Waals surface area (Å²) >= 11 is 0. The maximum Gasteiger partial charge on any atom is 0.300 e. The molecule has 0 bridgehead atoms. The molecule has 1 aliphatic carbocycles. The molecule has 1 saturated heterocycles. The Hall–Kier alpha value is -0.610. The van der Waals surface area contributed by atoms with E-state index in [4.69, 9.17) is 9.90 Å². The van der Waals surface area contributed by atoms with E-state index in [1.807, 2.05) is 0 Å². The summed E-state index contributed by atoms with van der Waals surface area (Å²) in [7, 11) is 0. The number of piperidine rings is 1. The molecule has 4 nitrogen and oxygen atoms in total. The van der Waals surface area contributed by atoms with Crippen LogP contribution in [0.2, 0.25) is 0 Å². The fourth-order valence-corrected chi connectivity index (χ4v) is 2.91. The third-order valence-electron chi connectivity index (χ3n) is 3.83. The molecule has 1 saturated carbocycles. The number of carboxylic acids is 1. The zero-order chi connectivity index (χ0) is 12.7. The predicted molar refractivity (Wildman–Crippen MR) is 66.9 cm³/mol. The highest BCUT2D eigenvalue weighted by atomic mass is 16.4. The molecule has 1 heterocycles. The van der Waals surface area contributed by atoms with E-state index in [-0.39, 0.29) is 5.60 Å². The summed E-state index contributed by atoms with van der Waals surface area (Å²) in [5, 5.41) is 21.2. The number of rotatable bonds is 1. The second-order valence-corrected chi connectivity index (χ2v) is 5.21. The smallest absolute Gasteiger partial charge is 0.300 e. The summed E-state index contributed by atoms with van der Waals surface area (Å²) in [6, 6.07) is 0. The van der Waals surface area contributed by atoms with Gasteiger partial charge >= 0.3 is 0 Å². The van der Waals surface area contributed by atoms with Crippen LogP contribution < -0.4 is 5.32 Å². The van der Waals surface area contributed by atoms with Gasteiger partial charge in [0.05, 0.1) is 5.60 Å². The quantitative estimate of drug-likeness (QED) is 0.656. The molecular weight excluding hydrogens is 218 g/mol. The highest BCUT2D eigenvalue weighted by Crippen LogP contribution is 2.37. The third-order valence-corrected chi connectivity index (χ3v) is 3.83. The molecule has 17 heavy (non-hydrogen) atoms. The molecule has 3 N–H and O–H groups in total. The minimum Gasteiger partial charge on any atom is -0.481 e. The van der Waals surface area contributed by atoms with Crippen molar-refractivity contribution in [1.29, 1.82) is 0 Å². The summed E-state index contributed by atoms with van der Waals surface area (Å²) in [4.78, 5) is 9.00. The zero-order valence-electron chi connectivity index (χ0n) is 10.7. The first-order valence-corrected chi connectivity index (χ1v) is 6.67. The van der Waals surface area contributed by atoms with Gasteiger partial charge in [-0.3, -0.25) is 4.79 Å². The number of aliphatic hydroxyl groups is 1. The SMILES string of the molecule is CC(=O)O.OC1(C2CCCCC2)CCNCC1. The third kappa shape index (κ3) is 5.04. The Morgan fingerprint density at radius 3 is 2.12 bits per heavy atom. The second kappa shape index (κ2) is 6.97. The fraction of sp³-hybridized carbons (Fsp3) is 0.923. The predicted octanol–water partition coefficient (Wildman–Crippen LogP) is 1.77. The lowest BCUT2D eigenvalue weighted by atomic mass is 9.72. The molecule has 100 valence electrons. The first kappa shape index (κ1) is 14.5. The minimum absolute atomic E-state index is 0.314. The van der Waals surface area contributed by atoms with Gasteiger partial charge in [0.25, 0.3) is 5.97 Å². The second-order valence-electron chi connectivity index (χ2n) is 5.21. The van der Waals surface area contributed by atoms with Crippen LogP contribution in [0.15, 0.2) is 0 Å². The van der Waals surface area contributed by atoms with Gasteiger partial charge in [-0.15, -0.1) is 0 Å². The monoisotopic (exact) mass is 243 g/mol. The van der Waals surface area contributed by atoms with Crippen molar-refractivity contribution in [3.63, 3.8) is 0 Å². The molecule has 1 aliphatic heterocycles. The molecule has 0 unspecified atom stereocenters. The van der Waals surface area contributed by atoms with Gasteiger partial charge in [0, 0.05) is 6.92 Å². The molecular formula is C13H25NO3. The van der Waals surface area contributed by atoms with Crippen molar-refractivity contribution in [3.8, 4) is 0 Å². The highest BCUT2D eigenvalue weighted by molar-refractivity contribution is 5.62. The van der Waals surface area contributed by atoms with Crippen molar-refractivity contribution in [2.45, 2.75) is 57.5 Å². The lowest BCUT2D eigenvalue weighted by Gasteiger charge is -2.41. The van der Waals surface area contributed by atoms with Crippen LogP contribution in [0.3, 0.4) is 0 Å². The van der Waals surface area contributed by atoms with Crippen molar-refractivity contribution in [3.05, 3.63) is 0 Å². The van der Waals surface area contributed by atoms with E-state index in [1.54, 1.807) is 0 Å². The molecule has 0 radical (unpaired) electrons. The normalized spacial score (nSPS) is 24.6. The Morgan fingerprint density at radius 1 is 1.18 bits per heavy atom. The van der Waals surface area contributed by atoms with E-state index in [2.05, 4.69) is 5.32 Å². The van der Waals surface area contributed by atoms with Gasteiger partial charge in [0.15, 0.2) is 0 Å². The topological polar surface area (TPSA) is 69.6 Å². The molecule has 0 spiro atoms. The van der Waals surface area contributed by atoms with Crippen LogP contribution in [0.5, 0.6) is 0 Å². The van der Waals surface area contributed by atoms with Crippen LogP contribution in [0.25, 0.3) is 0 Å². The van der Waals surface area contributed by atoms with Gasteiger partial charge in [-0.2, -0.15) is 0 Å². The van der Waals surface area contributed by atoms with Crippen LogP contribution in [0, 0.1) is 5.92 Å². The average Bonchev–Trinajstić information content (AvgIpc) is 2.30. The first-order valence-electron chi connectivity index (χ1n) is 6.67. The van der Waals surface area contributed by atoms with E-state index in [0.717, 1.165) is 32.9 Å². The van der Waals surface area contributed by atoms with Crippen molar-refractivity contribution in [1.82, 2.24) is 5.32 Å². The van der Waals surface area contributed by atoms with E-state index in [0.29, 0.717) is 5.92 Å². The van der Waals surface area contributed by atoms with Crippen molar-refractivity contribution >= 4 is 5.97 Å². The minimum atomic E-state index is -0.833. The van der Waals surface area contributed by atoms with Crippen molar-refractivity contribution in [2.75, 3.05) is 13.1 Å². The summed E-state index contributed by atoms with van der Waals surface area (Å²) in [6.45, 7) is 3.10. The molecule has 0 aromatic heterocycles. The van der Waals surface area contributed by atoms with Gasteiger partial charge in [-0.05, 0) is 44.7 Å². The Morgan fingerprint density at radius 2 is 1.65 bits per heavy atom. The number of carbonyl (C=O) groups is 1. The highest BCUT2D eigenvalue weighted by Gasteiger charge is 2.37. The number of aliphatic carboxylic acids is 1. The van der Waals surface area contributed by atoms with Gasteiger partial charge < -0.3 is 15.5 Å². The lowest BCUT2D eigenvalue weighted by Crippen LogP contribution is -2.47. The summed E-state index contributed by atoms with van der Waals surface area (Å²) in [6.07, 6.45) is 8.51. The number of hydrogen-bond donors (Lipinski definition) is 3. The summed E-state index contributed by atoms with van der Waals surface area (Å²) in [5.41, 5.74) is -0.314. The molecule has 2 rings (SSSR count). The van der Waals surface area contributed by atoms with Gasteiger partial charge in [0.1, 0.15) is 0 Å². The Labute approximate surface area is 103 Å². The Kier molecular flexibility index (Phi) is 5.92. The van der Waals surface area contributed by atoms with Crippen LogP contribution in [-0.4, -0.2) is 34.9 Å². The largest absolute Gasteiger partial charge is 0.481 e. The maximum atomic E-state index is 10.5. The van der Waals surface area contributed by atoms with Gasteiger partial charge in [0.2, 0.25) is 0 Å². The standard InChI is InChI=1S/C11H21NO.C2H4O2/c13-11(6-8-12-9-7-11)10-4-2-1-3-5-10;1-2(3)4/h10,12-13H,1-9H2;1H3,(H,3,4). The number of nitrogens with one attached hydrogen (secondary N) is 1. The summed E-state index contributed by atoms with van der Waals surface area (Å²) < 4.78 is 0. The summed E-state index contributed by atoms with van der Waals surface area (Å²) in [5.74, 6) is -0.233. The van der Waals surface area contributed by atoms with Crippen LogP contribution in [-0.2, 0) is 4.79 Å². The maximum absolute atomic E-state index is 10.5. The van der Waals surface area contributed by atoms with Gasteiger partial charge in [-0.25, -0.2) is 0 Å². The Balaban J connectivity index is 0.000000317. The molecule has 0 amide bonds. The van der Waals surface area contributed by atoms with Gasteiger partial charge in [-0.1, -0.05) is 19.3 Å². The fourth-order valence-electron chi connectivity index (χ4n) is 2.91. The van der Waals surface area contributed by atoms with Crippen LogP contribution in [0.4, 0.5) is 0 Å². The molecule has 0 aromatic carbocycles. The molecule has 2 fully saturated rings. The number of hydrogen-bond acceptors (Lipinski definition) is 3. The molecule has 2 aliphatic rings. The molecule has 4 heteroatoms. The van der Waals surface area contributed by atoms with Crippen LogP contribution in [0.1, 0.15) is 51.9 Å². The van der Waals surface area contributed by atoms with E-state index in [1.165, 1.54) is 32.1 Å². The molecule has 0 aromatic rings. The van der Waals surface area contributed by atoms with Crippen molar-refractivity contribution < 1.29 is 15.0 Å². The van der Waals surface area contributed by atoms with E-state index < -0.39 is 5.97 Å². The molecule has 0 atom stereocenters.